The first kappa shape index (κ1) is 20.1. The van der Waals surface area contributed by atoms with Crippen LogP contribution in [0.5, 0.6) is 0 Å². The summed E-state index contributed by atoms with van der Waals surface area (Å²) in [6.07, 6.45) is 6.57. The summed E-state index contributed by atoms with van der Waals surface area (Å²) in [5.41, 5.74) is 1.70. The van der Waals surface area contributed by atoms with E-state index in [2.05, 4.69) is 10.3 Å². The fraction of sp³-hybridized carbons (Fsp3) is 0.571. The molecule has 8 heteroatoms. The van der Waals surface area contributed by atoms with Crippen LogP contribution in [0.3, 0.4) is 0 Å². The summed E-state index contributed by atoms with van der Waals surface area (Å²) in [5, 5.41) is 4.65. The van der Waals surface area contributed by atoms with Crippen LogP contribution in [0.1, 0.15) is 44.3 Å². The average molecular weight is 417 g/mol. The molecule has 0 unspecified atom stereocenters. The molecule has 1 aromatic heterocycles. The maximum atomic E-state index is 12.5. The molecule has 2 N–H and O–H groups in total. The summed E-state index contributed by atoms with van der Waals surface area (Å²) < 4.78 is 4.78. The first-order chi connectivity index (χ1) is 14.1. The van der Waals surface area contributed by atoms with Gasteiger partial charge in [-0.1, -0.05) is 12.8 Å². The van der Waals surface area contributed by atoms with Crippen molar-refractivity contribution in [2.24, 2.45) is 0 Å². The molecule has 7 nitrogen and oxygen atoms in total. The Morgan fingerprint density at radius 1 is 1.28 bits per heavy atom. The third-order valence-electron chi connectivity index (χ3n) is 5.81. The lowest BCUT2D eigenvalue weighted by molar-refractivity contribution is 0.116. The number of carbonyl (C=O) groups excluding carboxylic acids is 1. The van der Waals surface area contributed by atoms with Crippen LogP contribution in [-0.2, 0) is 10.5 Å². The minimum Gasteiger partial charge on any atom is -0.453 e. The molecule has 2 aliphatic rings. The van der Waals surface area contributed by atoms with Crippen molar-refractivity contribution in [2.75, 3.05) is 25.5 Å². The molecule has 0 bridgehead atoms. The molecule has 1 aliphatic carbocycles. The van der Waals surface area contributed by atoms with Crippen LogP contribution in [0, 0.1) is 0 Å². The number of hydrogen-bond acceptors (Lipinski definition) is 6. The van der Waals surface area contributed by atoms with E-state index in [4.69, 9.17) is 9.72 Å². The highest BCUT2D eigenvalue weighted by molar-refractivity contribution is 7.99. The maximum absolute atomic E-state index is 12.5. The molecule has 29 heavy (non-hydrogen) atoms. The second-order valence-electron chi connectivity index (χ2n) is 7.84. The Morgan fingerprint density at radius 3 is 2.76 bits per heavy atom. The molecule has 1 amide bonds. The average Bonchev–Trinajstić information content (AvgIpc) is 3.25. The lowest BCUT2D eigenvalue weighted by Gasteiger charge is -2.30. The number of ether oxygens (including phenoxy) is 1. The third kappa shape index (κ3) is 4.86. The number of amides is 1. The molecule has 2 aromatic rings. The predicted molar refractivity (Wildman–Crippen MR) is 117 cm³/mol. The molecular formula is C21H28N4O3S. The Hall–Kier alpha value is -2.22. The van der Waals surface area contributed by atoms with Gasteiger partial charge in [0, 0.05) is 30.1 Å². The van der Waals surface area contributed by atoms with Crippen molar-refractivity contribution in [1.82, 2.24) is 14.9 Å². The van der Waals surface area contributed by atoms with E-state index < -0.39 is 0 Å². The first-order valence-corrected chi connectivity index (χ1v) is 11.4. The second-order valence-corrected chi connectivity index (χ2v) is 9.13. The lowest BCUT2D eigenvalue weighted by atomic mass is 10.1. The fourth-order valence-electron chi connectivity index (χ4n) is 4.18. The number of likely N-dealkylation sites (tertiary alicyclic amines) is 1. The summed E-state index contributed by atoms with van der Waals surface area (Å²) in [5.74, 6) is 1.37. The Kier molecular flexibility index (Phi) is 6.28. The van der Waals surface area contributed by atoms with Crippen molar-refractivity contribution in [3.05, 3.63) is 34.4 Å². The number of aromatic nitrogens is 2. The number of rotatable bonds is 5. The van der Waals surface area contributed by atoms with E-state index in [0.29, 0.717) is 41.3 Å². The summed E-state index contributed by atoms with van der Waals surface area (Å²) in [6, 6.07) is 6.35. The second kappa shape index (κ2) is 9.07. The van der Waals surface area contributed by atoms with Crippen molar-refractivity contribution in [3.63, 3.8) is 0 Å². The number of H-pyrrole nitrogens is 1. The molecule has 4 rings (SSSR count). The van der Waals surface area contributed by atoms with Gasteiger partial charge in [-0.25, -0.2) is 9.78 Å². The van der Waals surface area contributed by atoms with Gasteiger partial charge in [-0.15, -0.1) is 0 Å². The van der Waals surface area contributed by atoms with Gasteiger partial charge in [0.15, 0.2) is 0 Å². The molecule has 0 atom stereocenters. The quantitative estimate of drug-likeness (QED) is 0.772. The van der Waals surface area contributed by atoms with Crippen molar-refractivity contribution in [2.45, 2.75) is 55.6 Å². The van der Waals surface area contributed by atoms with E-state index in [-0.39, 0.29) is 11.7 Å². The van der Waals surface area contributed by atoms with Gasteiger partial charge in [-0.3, -0.25) is 4.79 Å². The van der Waals surface area contributed by atoms with Gasteiger partial charge in [-0.2, -0.15) is 11.8 Å². The molecule has 0 radical (unpaired) electrons. The summed E-state index contributed by atoms with van der Waals surface area (Å²) >= 11 is 1.79. The Labute approximate surface area is 174 Å². The normalized spacial score (nSPS) is 18.3. The van der Waals surface area contributed by atoms with Gasteiger partial charge in [0.25, 0.3) is 5.56 Å². The standard InChI is InChI=1S/C21H28N4O3S/c1-28-21(27)25-10-8-16(9-11-25)29-13-19-23-18-12-15(22-14-4-2-3-5-14)6-7-17(18)20(26)24-19/h6-7,12,14,16,22H,2-5,8-11,13H2,1H3,(H,23,24,26). The number of anilines is 1. The van der Waals surface area contributed by atoms with E-state index in [0.717, 1.165) is 24.0 Å². The van der Waals surface area contributed by atoms with Crippen LogP contribution in [-0.4, -0.2) is 52.5 Å². The minimum atomic E-state index is -0.254. The van der Waals surface area contributed by atoms with Gasteiger partial charge in [0.1, 0.15) is 5.82 Å². The number of fused-ring (bicyclic) bond motifs is 1. The predicted octanol–water partition coefficient (Wildman–Crippen LogP) is 3.74. The molecule has 2 fully saturated rings. The van der Waals surface area contributed by atoms with Gasteiger partial charge in [0.2, 0.25) is 0 Å². The van der Waals surface area contributed by atoms with E-state index >= 15 is 0 Å². The monoisotopic (exact) mass is 416 g/mol. The van der Waals surface area contributed by atoms with Crippen LogP contribution < -0.4 is 10.9 Å². The number of nitrogens with zero attached hydrogens (tertiary/aromatic N) is 2. The summed E-state index contributed by atoms with van der Waals surface area (Å²) in [6.45, 7) is 1.42. The zero-order chi connectivity index (χ0) is 20.2. The Bertz CT molecular complexity index is 918. The molecule has 156 valence electrons. The number of piperidine rings is 1. The smallest absolute Gasteiger partial charge is 0.409 e. The highest BCUT2D eigenvalue weighted by Crippen LogP contribution is 2.27. The largest absolute Gasteiger partial charge is 0.453 e. The van der Waals surface area contributed by atoms with E-state index in [1.165, 1.54) is 32.8 Å². The Balaban J connectivity index is 1.39. The van der Waals surface area contributed by atoms with Gasteiger partial charge in [-0.05, 0) is 43.9 Å². The van der Waals surface area contributed by atoms with E-state index in [1.54, 1.807) is 16.7 Å². The molecule has 0 spiro atoms. The number of benzene rings is 1. The van der Waals surface area contributed by atoms with E-state index in [9.17, 15) is 9.59 Å². The highest BCUT2D eigenvalue weighted by atomic mass is 32.2. The van der Waals surface area contributed by atoms with Gasteiger partial charge < -0.3 is 19.9 Å². The van der Waals surface area contributed by atoms with Crippen LogP contribution in [0.25, 0.3) is 10.9 Å². The van der Waals surface area contributed by atoms with Crippen molar-refractivity contribution < 1.29 is 9.53 Å². The molecule has 1 saturated carbocycles. The van der Waals surface area contributed by atoms with Crippen LogP contribution in [0.15, 0.2) is 23.0 Å². The number of hydrogen-bond donors (Lipinski definition) is 2. The van der Waals surface area contributed by atoms with Gasteiger partial charge >= 0.3 is 6.09 Å². The summed E-state index contributed by atoms with van der Waals surface area (Å²) in [7, 11) is 1.42. The zero-order valence-corrected chi connectivity index (χ0v) is 17.6. The molecule has 1 aromatic carbocycles. The lowest BCUT2D eigenvalue weighted by Crippen LogP contribution is -2.39. The van der Waals surface area contributed by atoms with Crippen LogP contribution in [0.4, 0.5) is 10.5 Å². The molecule has 2 heterocycles. The van der Waals surface area contributed by atoms with Crippen molar-refractivity contribution in [1.29, 1.82) is 0 Å². The molecule has 1 aliphatic heterocycles. The SMILES string of the molecule is COC(=O)N1CCC(SCc2nc3cc(NC4CCCC4)ccc3c(=O)[nH]2)CC1. The van der Waals surface area contributed by atoms with Crippen molar-refractivity contribution in [3.8, 4) is 0 Å². The van der Waals surface area contributed by atoms with Crippen LogP contribution in [0.2, 0.25) is 0 Å². The number of carbonyl (C=O) groups is 1. The zero-order valence-electron chi connectivity index (χ0n) is 16.8. The summed E-state index contributed by atoms with van der Waals surface area (Å²) in [4.78, 5) is 33.4. The fourth-order valence-corrected chi connectivity index (χ4v) is 5.26. The van der Waals surface area contributed by atoms with Gasteiger partial charge in [0.05, 0.1) is 23.8 Å². The molecular weight excluding hydrogens is 388 g/mol. The van der Waals surface area contributed by atoms with Crippen molar-refractivity contribution >= 4 is 34.4 Å². The minimum absolute atomic E-state index is 0.0847. The Morgan fingerprint density at radius 2 is 2.03 bits per heavy atom. The highest BCUT2D eigenvalue weighted by Gasteiger charge is 2.23. The maximum Gasteiger partial charge on any atom is 0.409 e. The van der Waals surface area contributed by atoms with E-state index in [1.807, 2.05) is 18.2 Å². The number of nitrogens with one attached hydrogen (secondary N) is 2. The molecule has 1 saturated heterocycles. The number of aromatic amines is 1. The topological polar surface area (TPSA) is 87.3 Å². The number of thioether (sulfide) groups is 1. The van der Waals surface area contributed by atoms with Crippen LogP contribution >= 0.6 is 11.8 Å². The third-order valence-corrected chi connectivity index (χ3v) is 7.20. The number of methoxy groups -OCH3 is 1. The first-order valence-electron chi connectivity index (χ1n) is 10.4.